The van der Waals surface area contributed by atoms with Gasteiger partial charge in [-0.15, -0.1) is 11.8 Å². The molecule has 3 rings (SSSR count). The van der Waals surface area contributed by atoms with Crippen LogP contribution >= 0.6 is 11.8 Å². The Morgan fingerprint density at radius 3 is 2.75 bits per heavy atom. The van der Waals surface area contributed by atoms with Crippen LogP contribution in [0.5, 0.6) is 0 Å². The monoisotopic (exact) mass is 436 g/mol. The van der Waals surface area contributed by atoms with Gasteiger partial charge in [-0.1, -0.05) is 0 Å². The van der Waals surface area contributed by atoms with Crippen LogP contribution in [-0.4, -0.2) is 80.3 Å². The molecular weight excluding hydrogens is 416 g/mol. The second-order valence-electron chi connectivity index (χ2n) is 6.19. The molecule has 0 spiro atoms. The van der Waals surface area contributed by atoms with Crippen molar-refractivity contribution in [3.63, 3.8) is 0 Å². The molecule has 0 saturated carbocycles. The highest BCUT2D eigenvalue weighted by molar-refractivity contribution is 7.99. The van der Waals surface area contributed by atoms with Crippen molar-refractivity contribution in [3.05, 3.63) is 6.33 Å². The first kappa shape index (κ1) is 21.1. The summed E-state index contributed by atoms with van der Waals surface area (Å²) in [7, 11) is -4.25. The van der Waals surface area contributed by atoms with Crippen LogP contribution in [0.25, 0.3) is 11.0 Å². The second-order valence-corrected chi connectivity index (χ2v) is 8.42. The lowest BCUT2D eigenvalue weighted by atomic mass is 10.1. The van der Waals surface area contributed by atoms with E-state index in [1.54, 1.807) is 6.92 Å². The Balaban J connectivity index is 1.93. The van der Waals surface area contributed by atoms with Gasteiger partial charge in [-0.25, -0.2) is 19.8 Å². The van der Waals surface area contributed by atoms with E-state index < -0.39 is 47.6 Å². The van der Waals surface area contributed by atoms with Crippen LogP contribution in [0.1, 0.15) is 13.2 Å². The van der Waals surface area contributed by atoms with Crippen LogP contribution in [0.4, 0.5) is 5.82 Å². The lowest BCUT2D eigenvalue weighted by Gasteiger charge is -2.15. The van der Waals surface area contributed by atoms with Crippen molar-refractivity contribution in [2.24, 2.45) is 5.14 Å². The maximum atomic E-state index is 11.0. The quantitative estimate of drug-likeness (QED) is 0.291. The van der Waals surface area contributed by atoms with Crippen LogP contribution in [0.15, 0.2) is 11.4 Å². The van der Waals surface area contributed by atoms with Crippen molar-refractivity contribution >= 4 is 38.9 Å². The summed E-state index contributed by atoms with van der Waals surface area (Å²) in [6.07, 6.45) is -4.68. The number of fused-ring (bicyclic) bond motifs is 1. The number of rotatable bonds is 7. The Hall–Kier alpha value is -1.59. The van der Waals surface area contributed by atoms with E-state index >= 15 is 0 Å². The molecule has 156 valence electrons. The number of aromatic nitrogens is 4. The number of nitrogens with two attached hydrogens (primary N) is 2. The number of anilines is 1. The normalized spacial score (nSPS) is 26.8. The Kier molecular flexibility index (Phi) is 6.06. The number of hydrogen-bond donors (Lipinski definition) is 5. The van der Waals surface area contributed by atoms with Gasteiger partial charge in [0, 0.05) is 5.75 Å². The maximum Gasteiger partial charge on any atom is 0.333 e. The molecule has 13 nitrogen and oxygen atoms in total. The first-order valence-electron chi connectivity index (χ1n) is 8.06. The van der Waals surface area contributed by atoms with E-state index in [0.717, 1.165) is 0 Å². The topological polar surface area (TPSA) is 209 Å². The first-order chi connectivity index (χ1) is 13.1. The number of thioether (sulfide) groups is 1. The van der Waals surface area contributed by atoms with Gasteiger partial charge in [0.25, 0.3) is 0 Å². The summed E-state index contributed by atoms with van der Waals surface area (Å²) in [6.45, 7) is 1.02. The molecule has 7 N–H and O–H groups in total. The predicted molar refractivity (Wildman–Crippen MR) is 97.1 cm³/mol. The Morgan fingerprint density at radius 2 is 2.11 bits per heavy atom. The molecule has 5 atom stereocenters. The van der Waals surface area contributed by atoms with E-state index in [-0.39, 0.29) is 11.5 Å². The van der Waals surface area contributed by atoms with Crippen molar-refractivity contribution in [1.82, 2.24) is 19.7 Å². The van der Waals surface area contributed by atoms with Gasteiger partial charge in [-0.2, -0.15) is 13.5 Å². The third-order valence-corrected chi connectivity index (χ3v) is 5.59. The first-order valence-corrected chi connectivity index (χ1v) is 10.5. The molecule has 15 heteroatoms. The van der Waals surface area contributed by atoms with E-state index in [4.69, 9.17) is 15.6 Å². The fourth-order valence-corrected chi connectivity index (χ4v) is 3.88. The number of aliphatic hydroxyl groups is 3. The average molecular weight is 436 g/mol. The molecule has 1 fully saturated rings. The summed E-state index contributed by atoms with van der Waals surface area (Å²) < 4.78 is 33.1. The standard InChI is InChI=1S/C13H20N6O7S2/c1-5(20)3-27-12-7-10(14)16-4-17-11(7)19(18-12)13-9(22)8(21)6(26-13)2-25-28(15,23)24/h4-6,8-9,13,20-22H,2-3H2,1H3,(H2,14,16,17)(H2,15,23,24)/t5?,6-,8-,9-,13-/m1/s1. The van der Waals surface area contributed by atoms with Gasteiger partial charge in [-0.05, 0) is 6.92 Å². The van der Waals surface area contributed by atoms with Crippen LogP contribution < -0.4 is 10.9 Å². The maximum absolute atomic E-state index is 11.0. The van der Waals surface area contributed by atoms with E-state index in [0.29, 0.717) is 16.2 Å². The van der Waals surface area contributed by atoms with Gasteiger partial charge in [0.1, 0.15) is 35.5 Å². The fourth-order valence-electron chi connectivity index (χ4n) is 2.67. The van der Waals surface area contributed by atoms with E-state index in [9.17, 15) is 23.7 Å². The van der Waals surface area contributed by atoms with Gasteiger partial charge >= 0.3 is 10.3 Å². The molecule has 3 heterocycles. The van der Waals surface area contributed by atoms with Crippen molar-refractivity contribution in [1.29, 1.82) is 0 Å². The van der Waals surface area contributed by atoms with E-state index in [2.05, 4.69) is 19.2 Å². The van der Waals surface area contributed by atoms with Crippen molar-refractivity contribution in [2.75, 3.05) is 18.1 Å². The lowest BCUT2D eigenvalue weighted by Crippen LogP contribution is -2.35. The summed E-state index contributed by atoms with van der Waals surface area (Å²) >= 11 is 1.21. The summed E-state index contributed by atoms with van der Waals surface area (Å²) in [5.41, 5.74) is 6.17. The minimum atomic E-state index is -4.25. The number of hydrogen-bond acceptors (Lipinski definition) is 12. The zero-order valence-corrected chi connectivity index (χ0v) is 16.2. The highest BCUT2D eigenvalue weighted by Gasteiger charge is 2.45. The largest absolute Gasteiger partial charge is 0.393 e. The Morgan fingerprint density at radius 1 is 1.39 bits per heavy atom. The fraction of sp³-hybridized carbons (Fsp3) is 0.615. The van der Waals surface area contributed by atoms with Gasteiger partial charge < -0.3 is 25.8 Å². The molecule has 1 aliphatic heterocycles. The highest BCUT2D eigenvalue weighted by Crippen LogP contribution is 2.36. The third kappa shape index (κ3) is 4.36. The molecule has 28 heavy (non-hydrogen) atoms. The van der Waals surface area contributed by atoms with E-state index in [1.807, 2.05) is 0 Å². The van der Waals surface area contributed by atoms with Crippen LogP contribution in [-0.2, 0) is 19.2 Å². The minimum absolute atomic E-state index is 0.145. The number of ether oxygens (including phenoxy) is 1. The molecule has 0 amide bonds. The number of nitrogens with zero attached hydrogens (tertiary/aromatic N) is 4. The third-order valence-electron chi connectivity index (χ3n) is 3.92. The van der Waals surface area contributed by atoms with Crippen molar-refractivity contribution < 1.29 is 32.7 Å². The summed E-state index contributed by atoms with van der Waals surface area (Å²) in [4.78, 5) is 8.04. The Bertz CT molecular complexity index is 952. The van der Waals surface area contributed by atoms with E-state index in [1.165, 1.54) is 22.8 Å². The van der Waals surface area contributed by atoms with Gasteiger partial charge in [0.15, 0.2) is 11.9 Å². The smallest absolute Gasteiger partial charge is 0.333 e. The van der Waals surface area contributed by atoms with Gasteiger partial charge in [0.2, 0.25) is 0 Å². The van der Waals surface area contributed by atoms with Gasteiger partial charge in [0.05, 0.1) is 18.1 Å². The van der Waals surface area contributed by atoms with Crippen molar-refractivity contribution in [2.45, 2.75) is 42.6 Å². The molecule has 0 radical (unpaired) electrons. The number of aliphatic hydroxyl groups excluding tert-OH is 3. The molecule has 0 aromatic carbocycles. The molecule has 2 aromatic rings. The average Bonchev–Trinajstić information content (AvgIpc) is 3.10. The molecule has 0 bridgehead atoms. The zero-order valence-electron chi connectivity index (χ0n) is 14.6. The zero-order chi connectivity index (χ0) is 20.6. The highest BCUT2D eigenvalue weighted by atomic mass is 32.2. The van der Waals surface area contributed by atoms with Crippen molar-refractivity contribution in [3.8, 4) is 0 Å². The summed E-state index contributed by atoms with van der Waals surface area (Å²) in [6, 6.07) is 0. The molecule has 1 unspecified atom stereocenters. The van der Waals surface area contributed by atoms with Crippen LogP contribution in [0.2, 0.25) is 0 Å². The molecule has 1 saturated heterocycles. The molecule has 0 aliphatic carbocycles. The molecule has 2 aromatic heterocycles. The van der Waals surface area contributed by atoms with Crippen LogP contribution in [0, 0.1) is 0 Å². The minimum Gasteiger partial charge on any atom is -0.393 e. The second kappa shape index (κ2) is 8.03. The molecule has 1 aliphatic rings. The molecular formula is C13H20N6O7S2. The predicted octanol–water partition coefficient (Wildman–Crippen LogP) is -2.28. The SMILES string of the molecule is CC(O)CSc1nn([C@@H]2O[C@H](COS(N)(=O)=O)[C@@H](O)[C@H]2O)c2ncnc(N)c12. The lowest BCUT2D eigenvalue weighted by molar-refractivity contribution is -0.0531. The Labute approximate surface area is 163 Å². The van der Waals surface area contributed by atoms with Crippen LogP contribution in [0.3, 0.4) is 0 Å². The number of nitrogen functional groups attached to an aromatic ring is 1. The van der Waals surface area contributed by atoms with Gasteiger partial charge in [-0.3, -0.25) is 4.18 Å². The summed E-state index contributed by atoms with van der Waals surface area (Å²) in [5, 5.41) is 40.0. The summed E-state index contributed by atoms with van der Waals surface area (Å²) in [5.74, 6) is 0.466.